The molecule has 0 saturated carbocycles. The fourth-order valence-electron chi connectivity index (χ4n) is 5.72. The molecule has 0 aromatic carbocycles. The highest BCUT2D eigenvalue weighted by Crippen LogP contribution is 2.34. The van der Waals surface area contributed by atoms with Crippen LogP contribution in [-0.4, -0.2) is 88.7 Å². The van der Waals surface area contributed by atoms with E-state index < -0.39 is 14.2 Å². The molecule has 11 nitrogen and oxygen atoms in total. The third-order valence-corrected chi connectivity index (χ3v) is 9.59. The molecule has 0 aliphatic carbocycles. The number of anilines is 2. The molecule has 2 aliphatic heterocycles. The number of nitrogens with one attached hydrogen (secondary N) is 1. The summed E-state index contributed by atoms with van der Waals surface area (Å²) in [5.41, 5.74) is 4.05. The van der Waals surface area contributed by atoms with Gasteiger partial charge < -0.3 is 29.4 Å². The van der Waals surface area contributed by atoms with Gasteiger partial charge >= 0.3 is 6.09 Å². The van der Waals surface area contributed by atoms with Crippen LogP contribution in [0.3, 0.4) is 0 Å². The number of hydrogen-bond donors (Lipinski definition) is 2. The molecule has 0 radical (unpaired) electrons. The summed E-state index contributed by atoms with van der Waals surface area (Å²) in [5, 5.41) is 14.1. The third kappa shape index (κ3) is 6.93. The molecule has 1 saturated heterocycles. The number of carboxylic acid groups (broad SMARTS) is 1. The van der Waals surface area contributed by atoms with Crippen LogP contribution in [0.2, 0.25) is 25.7 Å². The Balaban J connectivity index is 1.36. The minimum absolute atomic E-state index is 0.120. The van der Waals surface area contributed by atoms with Crippen molar-refractivity contribution in [3.05, 3.63) is 48.1 Å². The standard InChI is InChI=1S/C30H43N7O4Si/c1-21-16-35(17-22(2)37(21)30(38)39)26-8-6-7-24(34-26)15-31-28-27-25(23-9-11-40-12-10-23)18-36(29(27)33-19-32-28)20-41-13-14-42(3,4)5/h6-9,18-19,21-22H,10-17,20H2,1-5H3,(H,38,39)(H,31,32,33)/t21-,22-/m1/s1. The molecule has 3 aromatic rings. The number of carbonyl (C=O) groups is 1. The van der Waals surface area contributed by atoms with E-state index in [1.807, 2.05) is 32.0 Å². The predicted octanol–water partition coefficient (Wildman–Crippen LogP) is 5.13. The largest absolute Gasteiger partial charge is 0.465 e. The van der Waals surface area contributed by atoms with Gasteiger partial charge in [0.25, 0.3) is 0 Å². The molecule has 3 aromatic heterocycles. The van der Waals surface area contributed by atoms with E-state index in [1.165, 1.54) is 10.5 Å². The van der Waals surface area contributed by atoms with Crippen LogP contribution in [0.4, 0.5) is 16.4 Å². The van der Waals surface area contributed by atoms with Crippen molar-refractivity contribution in [3.8, 4) is 0 Å². The van der Waals surface area contributed by atoms with Crippen molar-refractivity contribution < 1.29 is 19.4 Å². The van der Waals surface area contributed by atoms with E-state index >= 15 is 0 Å². The molecular formula is C30H43N7O4Si. The Morgan fingerprint density at radius 3 is 2.67 bits per heavy atom. The van der Waals surface area contributed by atoms with Crippen molar-refractivity contribution in [1.82, 2.24) is 24.4 Å². The molecule has 0 unspecified atom stereocenters. The van der Waals surface area contributed by atoms with Crippen molar-refractivity contribution in [2.24, 2.45) is 0 Å². The van der Waals surface area contributed by atoms with Crippen LogP contribution in [0, 0.1) is 0 Å². The number of nitrogens with zero attached hydrogens (tertiary/aromatic N) is 6. The van der Waals surface area contributed by atoms with Crippen LogP contribution in [0.15, 0.2) is 36.8 Å². The van der Waals surface area contributed by atoms with E-state index in [1.54, 1.807) is 6.33 Å². The summed E-state index contributed by atoms with van der Waals surface area (Å²) in [6.45, 7) is 15.1. The van der Waals surface area contributed by atoms with Crippen LogP contribution in [0.5, 0.6) is 0 Å². The van der Waals surface area contributed by atoms with E-state index in [0.717, 1.165) is 53.0 Å². The molecule has 1 fully saturated rings. The molecule has 2 aliphatic rings. The monoisotopic (exact) mass is 593 g/mol. The highest BCUT2D eigenvalue weighted by Gasteiger charge is 2.33. The second-order valence-electron chi connectivity index (χ2n) is 12.5. The maximum Gasteiger partial charge on any atom is 0.407 e. The molecule has 5 rings (SSSR count). The molecule has 1 amide bonds. The Labute approximate surface area is 248 Å². The van der Waals surface area contributed by atoms with Gasteiger partial charge in [0.2, 0.25) is 0 Å². The molecule has 12 heteroatoms. The minimum atomic E-state index is -1.18. The highest BCUT2D eigenvalue weighted by molar-refractivity contribution is 6.76. The van der Waals surface area contributed by atoms with E-state index in [9.17, 15) is 9.90 Å². The van der Waals surface area contributed by atoms with Gasteiger partial charge in [-0.25, -0.2) is 19.7 Å². The Bertz CT molecular complexity index is 1420. The van der Waals surface area contributed by atoms with Crippen molar-refractivity contribution >= 4 is 42.4 Å². The first kappa shape index (κ1) is 30.0. The smallest absolute Gasteiger partial charge is 0.407 e. The zero-order valence-electron chi connectivity index (χ0n) is 25.3. The van der Waals surface area contributed by atoms with Gasteiger partial charge in [-0.15, -0.1) is 0 Å². The molecule has 2 N–H and O–H groups in total. The van der Waals surface area contributed by atoms with Gasteiger partial charge in [-0.1, -0.05) is 31.8 Å². The zero-order chi connectivity index (χ0) is 29.9. The van der Waals surface area contributed by atoms with Crippen LogP contribution in [-0.2, 0) is 22.7 Å². The molecule has 5 heterocycles. The average molecular weight is 594 g/mol. The fraction of sp³-hybridized carbons (Fsp3) is 0.533. The van der Waals surface area contributed by atoms with Gasteiger partial charge in [-0.3, -0.25) is 4.90 Å². The average Bonchev–Trinajstić information content (AvgIpc) is 3.33. The topological polar surface area (TPSA) is 118 Å². The number of aromatic nitrogens is 4. The van der Waals surface area contributed by atoms with Crippen molar-refractivity contribution in [3.63, 3.8) is 0 Å². The summed E-state index contributed by atoms with van der Waals surface area (Å²) in [4.78, 5) is 29.6. The molecule has 2 atom stereocenters. The normalized spacial score (nSPS) is 19.7. The number of fused-ring (bicyclic) bond motifs is 1. The lowest BCUT2D eigenvalue weighted by molar-refractivity contribution is 0.0898. The van der Waals surface area contributed by atoms with Gasteiger partial charge in [0.1, 0.15) is 30.3 Å². The molecule has 0 spiro atoms. The van der Waals surface area contributed by atoms with E-state index in [4.69, 9.17) is 14.5 Å². The lowest BCUT2D eigenvalue weighted by Crippen LogP contribution is -2.58. The lowest BCUT2D eigenvalue weighted by atomic mass is 10.0. The number of ether oxygens (including phenoxy) is 2. The van der Waals surface area contributed by atoms with Crippen LogP contribution < -0.4 is 10.2 Å². The van der Waals surface area contributed by atoms with E-state index in [-0.39, 0.29) is 12.1 Å². The molecule has 226 valence electrons. The molecular weight excluding hydrogens is 550 g/mol. The van der Waals surface area contributed by atoms with E-state index in [0.29, 0.717) is 39.6 Å². The summed E-state index contributed by atoms with van der Waals surface area (Å²) in [7, 11) is -1.18. The van der Waals surface area contributed by atoms with Crippen LogP contribution in [0.25, 0.3) is 16.6 Å². The number of rotatable bonds is 10. The second kappa shape index (κ2) is 12.8. The van der Waals surface area contributed by atoms with Gasteiger partial charge in [-0.05, 0) is 44.0 Å². The maximum atomic E-state index is 11.7. The van der Waals surface area contributed by atoms with Gasteiger partial charge in [0.15, 0.2) is 0 Å². The molecule has 42 heavy (non-hydrogen) atoms. The summed E-state index contributed by atoms with van der Waals surface area (Å²) in [5.74, 6) is 1.60. The second-order valence-corrected chi connectivity index (χ2v) is 18.1. The van der Waals surface area contributed by atoms with Crippen molar-refractivity contribution in [2.45, 2.75) is 71.3 Å². The highest BCUT2D eigenvalue weighted by atomic mass is 28.3. The zero-order valence-corrected chi connectivity index (χ0v) is 26.3. The first-order valence-corrected chi connectivity index (χ1v) is 18.5. The van der Waals surface area contributed by atoms with E-state index in [2.05, 4.69) is 56.7 Å². The predicted molar refractivity (Wildman–Crippen MR) is 168 cm³/mol. The number of pyridine rings is 1. The van der Waals surface area contributed by atoms with Gasteiger partial charge in [-0.2, -0.15) is 0 Å². The fourth-order valence-corrected chi connectivity index (χ4v) is 6.47. The first-order chi connectivity index (χ1) is 20.1. The first-order valence-electron chi connectivity index (χ1n) is 14.8. The lowest BCUT2D eigenvalue weighted by Gasteiger charge is -2.43. The number of hydrogen-bond acceptors (Lipinski definition) is 8. The van der Waals surface area contributed by atoms with Crippen molar-refractivity contribution in [1.29, 1.82) is 0 Å². The third-order valence-electron chi connectivity index (χ3n) is 7.88. The number of piperazine rings is 1. The SMILES string of the molecule is C[C@@H]1CN(c2cccc(CNc3ncnc4c3c(C3=CCOCC3)cn4COCC[Si](C)(C)C)n2)C[C@@H](C)N1C(=O)O. The summed E-state index contributed by atoms with van der Waals surface area (Å²) in [6.07, 6.45) is 5.83. The Kier molecular flexibility index (Phi) is 9.14. The maximum absolute atomic E-state index is 11.7. The number of amides is 1. The van der Waals surface area contributed by atoms with Crippen molar-refractivity contribution in [2.75, 3.05) is 43.1 Å². The van der Waals surface area contributed by atoms with Crippen LogP contribution in [0.1, 0.15) is 31.5 Å². The minimum Gasteiger partial charge on any atom is -0.465 e. The van der Waals surface area contributed by atoms with Gasteiger partial charge in [0.05, 0.1) is 42.9 Å². The Hall–Kier alpha value is -3.48. The quantitative estimate of drug-likeness (QED) is 0.244. The Morgan fingerprint density at radius 1 is 1.19 bits per heavy atom. The van der Waals surface area contributed by atoms with Crippen LogP contribution >= 0.6 is 0 Å². The molecule has 0 bridgehead atoms. The summed E-state index contributed by atoms with van der Waals surface area (Å²) < 4.78 is 13.8. The Morgan fingerprint density at radius 2 is 1.98 bits per heavy atom. The van der Waals surface area contributed by atoms with Gasteiger partial charge in [0, 0.05) is 39.5 Å². The summed E-state index contributed by atoms with van der Waals surface area (Å²) in [6, 6.07) is 6.86. The summed E-state index contributed by atoms with van der Waals surface area (Å²) >= 11 is 0.